The Bertz CT molecular complexity index is 294. The first-order valence-electron chi connectivity index (χ1n) is 6.79. The number of likely N-dealkylation sites (N-methyl/N-ethyl adjacent to an activating group) is 1. The third kappa shape index (κ3) is 4.64. The van der Waals surface area contributed by atoms with Gasteiger partial charge in [-0.3, -0.25) is 9.59 Å². The van der Waals surface area contributed by atoms with Gasteiger partial charge in [0.15, 0.2) is 0 Å². The lowest BCUT2D eigenvalue weighted by Gasteiger charge is -2.23. The van der Waals surface area contributed by atoms with Crippen LogP contribution in [0.3, 0.4) is 0 Å². The maximum atomic E-state index is 11.6. The van der Waals surface area contributed by atoms with Gasteiger partial charge in [0.1, 0.15) is 0 Å². The van der Waals surface area contributed by atoms with Gasteiger partial charge < -0.3 is 15.1 Å². The van der Waals surface area contributed by atoms with Crippen LogP contribution in [0.25, 0.3) is 0 Å². The van der Waals surface area contributed by atoms with E-state index in [1.54, 1.807) is 4.90 Å². The summed E-state index contributed by atoms with van der Waals surface area (Å²) in [5, 5.41) is 2.87. The summed E-state index contributed by atoms with van der Waals surface area (Å²) in [6, 6.07) is 0.530. The molecular weight excluding hydrogens is 230 g/mol. The largest absolute Gasteiger partial charge is 0.353 e. The summed E-state index contributed by atoms with van der Waals surface area (Å²) in [7, 11) is 2.06. The molecule has 1 saturated heterocycles. The Labute approximate surface area is 110 Å². The molecule has 0 spiro atoms. The Morgan fingerprint density at radius 2 is 2.28 bits per heavy atom. The molecule has 0 aliphatic carbocycles. The van der Waals surface area contributed by atoms with Crippen molar-refractivity contribution in [3.8, 4) is 0 Å². The standard InChI is InChI=1S/C13H25N3O2/c1-4-11(2)15(3)9-7-14-12(17)10-16-8-5-6-13(16)18/h11H,4-10H2,1-3H3,(H,14,17). The monoisotopic (exact) mass is 255 g/mol. The first-order chi connectivity index (χ1) is 8.54. The van der Waals surface area contributed by atoms with Crippen molar-refractivity contribution < 1.29 is 9.59 Å². The highest BCUT2D eigenvalue weighted by Crippen LogP contribution is 2.08. The number of likely N-dealkylation sites (tertiary alicyclic amines) is 1. The molecule has 0 aromatic carbocycles. The average molecular weight is 255 g/mol. The van der Waals surface area contributed by atoms with Crippen LogP contribution >= 0.6 is 0 Å². The second-order valence-corrected chi connectivity index (χ2v) is 5.01. The summed E-state index contributed by atoms with van der Waals surface area (Å²) in [6.07, 6.45) is 2.57. The van der Waals surface area contributed by atoms with Crippen molar-refractivity contribution in [3.05, 3.63) is 0 Å². The van der Waals surface area contributed by atoms with E-state index in [2.05, 4.69) is 31.1 Å². The molecule has 0 saturated carbocycles. The number of amides is 2. The number of nitrogens with zero attached hydrogens (tertiary/aromatic N) is 2. The van der Waals surface area contributed by atoms with Crippen molar-refractivity contribution in [2.75, 3.05) is 33.2 Å². The van der Waals surface area contributed by atoms with Gasteiger partial charge in [-0.1, -0.05) is 6.92 Å². The van der Waals surface area contributed by atoms with E-state index in [4.69, 9.17) is 0 Å². The zero-order valence-corrected chi connectivity index (χ0v) is 11.7. The van der Waals surface area contributed by atoms with E-state index in [1.165, 1.54) is 0 Å². The van der Waals surface area contributed by atoms with Gasteiger partial charge in [0.25, 0.3) is 0 Å². The molecule has 2 amide bonds. The van der Waals surface area contributed by atoms with E-state index in [-0.39, 0.29) is 18.4 Å². The molecule has 0 aromatic heterocycles. The SMILES string of the molecule is CCC(C)N(C)CCNC(=O)CN1CCCC1=O. The predicted octanol–water partition coefficient (Wildman–Crippen LogP) is 0.455. The fraction of sp³-hybridized carbons (Fsp3) is 0.846. The van der Waals surface area contributed by atoms with Gasteiger partial charge in [-0.05, 0) is 26.8 Å². The summed E-state index contributed by atoms with van der Waals surface area (Å²) < 4.78 is 0. The number of carbonyl (C=O) groups is 2. The lowest BCUT2D eigenvalue weighted by molar-refractivity contribution is -0.133. The van der Waals surface area contributed by atoms with Crippen molar-refractivity contribution in [2.24, 2.45) is 0 Å². The summed E-state index contributed by atoms with van der Waals surface area (Å²) in [4.78, 5) is 26.9. The van der Waals surface area contributed by atoms with E-state index >= 15 is 0 Å². The molecule has 1 aliphatic heterocycles. The maximum Gasteiger partial charge on any atom is 0.239 e. The second-order valence-electron chi connectivity index (χ2n) is 5.01. The van der Waals surface area contributed by atoms with E-state index < -0.39 is 0 Å². The summed E-state index contributed by atoms with van der Waals surface area (Å²) in [5.41, 5.74) is 0. The van der Waals surface area contributed by atoms with Crippen LogP contribution in [0, 0.1) is 0 Å². The van der Waals surface area contributed by atoms with Crippen LogP contribution < -0.4 is 5.32 Å². The minimum Gasteiger partial charge on any atom is -0.353 e. The maximum absolute atomic E-state index is 11.6. The number of carbonyl (C=O) groups excluding carboxylic acids is 2. The van der Waals surface area contributed by atoms with E-state index in [1.807, 2.05) is 0 Å². The van der Waals surface area contributed by atoms with Crippen LogP contribution in [0.5, 0.6) is 0 Å². The lowest BCUT2D eigenvalue weighted by Crippen LogP contribution is -2.41. The van der Waals surface area contributed by atoms with Gasteiger partial charge >= 0.3 is 0 Å². The highest BCUT2D eigenvalue weighted by Gasteiger charge is 2.22. The molecule has 1 unspecified atom stereocenters. The fourth-order valence-electron chi connectivity index (χ4n) is 2.00. The van der Waals surface area contributed by atoms with Gasteiger partial charge in [-0.15, -0.1) is 0 Å². The quantitative estimate of drug-likeness (QED) is 0.719. The second kappa shape index (κ2) is 7.36. The lowest BCUT2D eigenvalue weighted by atomic mass is 10.2. The van der Waals surface area contributed by atoms with Crippen molar-refractivity contribution >= 4 is 11.8 Å². The van der Waals surface area contributed by atoms with Crippen LogP contribution in [0.1, 0.15) is 33.1 Å². The molecule has 0 bridgehead atoms. The topological polar surface area (TPSA) is 52.7 Å². The molecule has 0 aromatic rings. The zero-order valence-electron chi connectivity index (χ0n) is 11.7. The molecule has 104 valence electrons. The highest BCUT2D eigenvalue weighted by atomic mass is 16.2. The molecular formula is C13H25N3O2. The van der Waals surface area contributed by atoms with Crippen molar-refractivity contribution in [1.29, 1.82) is 0 Å². The van der Waals surface area contributed by atoms with Gasteiger partial charge in [-0.2, -0.15) is 0 Å². The highest BCUT2D eigenvalue weighted by molar-refractivity contribution is 5.85. The molecule has 18 heavy (non-hydrogen) atoms. The molecule has 1 atom stereocenters. The van der Waals surface area contributed by atoms with Crippen LogP contribution in [0.15, 0.2) is 0 Å². The molecule has 0 radical (unpaired) electrons. The van der Waals surface area contributed by atoms with Gasteiger partial charge in [-0.25, -0.2) is 0 Å². The van der Waals surface area contributed by atoms with Crippen LogP contribution in [-0.4, -0.2) is 60.9 Å². The van der Waals surface area contributed by atoms with E-state index in [9.17, 15) is 9.59 Å². The summed E-state index contributed by atoms with van der Waals surface area (Å²) in [6.45, 7) is 6.74. The molecule has 1 heterocycles. The van der Waals surface area contributed by atoms with E-state index in [0.717, 1.165) is 25.9 Å². The smallest absolute Gasteiger partial charge is 0.239 e. The Hall–Kier alpha value is -1.10. The molecule has 5 nitrogen and oxygen atoms in total. The van der Waals surface area contributed by atoms with Crippen molar-refractivity contribution in [1.82, 2.24) is 15.1 Å². The number of nitrogens with one attached hydrogen (secondary N) is 1. The molecule has 1 fully saturated rings. The average Bonchev–Trinajstić information content (AvgIpc) is 2.73. The summed E-state index contributed by atoms with van der Waals surface area (Å²) in [5.74, 6) is 0.0460. The third-order valence-electron chi connectivity index (χ3n) is 3.64. The minimum absolute atomic E-state index is 0.0530. The molecule has 1 rings (SSSR count). The van der Waals surface area contributed by atoms with E-state index in [0.29, 0.717) is 19.0 Å². The first kappa shape index (κ1) is 15.0. The predicted molar refractivity (Wildman–Crippen MR) is 71.2 cm³/mol. The van der Waals surface area contributed by atoms with Crippen molar-refractivity contribution in [3.63, 3.8) is 0 Å². The molecule has 5 heteroatoms. The van der Waals surface area contributed by atoms with Crippen molar-refractivity contribution in [2.45, 2.75) is 39.2 Å². The van der Waals surface area contributed by atoms with Gasteiger partial charge in [0.2, 0.25) is 11.8 Å². The Balaban J connectivity index is 2.15. The van der Waals surface area contributed by atoms with Gasteiger partial charge in [0.05, 0.1) is 6.54 Å². The number of hydrogen-bond donors (Lipinski definition) is 1. The minimum atomic E-state index is -0.0530. The zero-order chi connectivity index (χ0) is 13.5. The third-order valence-corrected chi connectivity index (χ3v) is 3.64. The van der Waals surface area contributed by atoms with Crippen LogP contribution in [0.2, 0.25) is 0 Å². The first-order valence-corrected chi connectivity index (χ1v) is 6.79. The Morgan fingerprint density at radius 1 is 1.56 bits per heavy atom. The summed E-state index contributed by atoms with van der Waals surface area (Å²) >= 11 is 0. The van der Waals surface area contributed by atoms with Crippen LogP contribution in [-0.2, 0) is 9.59 Å². The number of hydrogen-bond acceptors (Lipinski definition) is 3. The molecule has 1 aliphatic rings. The molecule has 1 N–H and O–H groups in total. The van der Waals surface area contributed by atoms with Crippen LogP contribution in [0.4, 0.5) is 0 Å². The number of rotatable bonds is 7. The Kier molecular flexibility index (Phi) is 6.12. The fourth-order valence-corrected chi connectivity index (χ4v) is 2.00. The van der Waals surface area contributed by atoms with Gasteiger partial charge in [0, 0.05) is 32.1 Å². The Morgan fingerprint density at radius 3 is 2.83 bits per heavy atom. The normalized spacial score (nSPS) is 17.3.